The van der Waals surface area contributed by atoms with Gasteiger partial charge in [0.2, 0.25) is 0 Å². The maximum Gasteiger partial charge on any atom is 0.326 e. The molecule has 0 amide bonds. The zero-order chi connectivity index (χ0) is 14.4. The van der Waals surface area contributed by atoms with Crippen LogP contribution in [-0.4, -0.2) is 26.7 Å². The van der Waals surface area contributed by atoms with Gasteiger partial charge >= 0.3 is 5.97 Å². The minimum Gasteiger partial charge on any atom is -0.480 e. The summed E-state index contributed by atoms with van der Waals surface area (Å²) in [5, 5.41) is 11.9. The van der Waals surface area contributed by atoms with E-state index in [1.54, 1.807) is 6.20 Å². The zero-order valence-corrected chi connectivity index (χ0v) is 11.6. The monoisotopic (exact) mass is 267 g/mol. The molecule has 0 aliphatic carbocycles. The van der Waals surface area contributed by atoms with Crippen LogP contribution in [0.25, 0.3) is 0 Å². The van der Waals surface area contributed by atoms with Gasteiger partial charge in [0, 0.05) is 18.4 Å². The fourth-order valence-electron chi connectivity index (χ4n) is 1.76. The minimum atomic E-state index is -0.963. The lowest BCUT2D eigenvalue weighted by Crippen LogP contribution is -2.34. The molecule has 0 saturated carbocycles. The van der Waals surface area contributed by atoms with Crippen molar-refractivity contribution in [3.8, 4) is 0 Å². The van der Waals surface area contributed by atoms with Gasteiger partial charge in [0.25, 0.3) is 5.56 Å². The Morgan fingerprint density at radius 3 is 2.74 bits per heavy atom. The van der Waals surface area contributed by atoms with Crippen LogP contribution in [0.15, 0.2) is 17.2 Å². The van der Waals surface area contributed by atoms with Gasteiger partial charge in [0.05, 0.1) is 0 Å². The molecule has 0 saturated heterocycles. The molecule has 0 aromatic carbocycles. The first kappa shape index (κ1) is 15.2. The quantitative estimate of drug-likeness (QED) is 0.788. The second-order valence-electron chi connectivity index (χ2n) is 4.76. The molecule has 1 aromatic heterocycles. The number of hydrogen-bond donors (Lipinski definition) is 2. The SMILES string of the molecule is CCCCC(Nc1nccn(C(C)C)c1=O)C(=O)O. The van der Waals surface area contributed by atoms with Crippen LogP contribution in [0.1, 0.15) is 46.1 Å². The Bertz CT molecular complexity index is 482. The molecule has 6 nitrogen and oxygen atoms in total. The van der Waals surface area contributed by atoms with Gasteiger partial charge in [-0.25, -0.2) is 9.78 Å². The lowest BCUT2D eigenvalue weighted by molar-refractivity contribution is -0.138. The summed E-state index contributed by atoms with van der Waals surface area (Å²) in [5.74, 6) is -0.866. The van der Waals surface area contributed by atoms with Crippen molar-refractivity contribution in [1.29, 1.82) is 0 Å². The molecule has 19 heavy (non-hydrogen) atoms. The minimum absolute atomic E-state index is 0.00923. The molecule has 0 aliphatic heterocycles. The van der Waals surface area contributed by atoms with Crippen LogP contribution in [0.5, 0.6) is 0 Å². The average Bonchev–Trinajstić information content (AvgIpc) is 2.35. The summed E-state index contributed by atoms with van der Waals surface area (Å²) in [7, 11) is 0. The van der Waals surface area contributed by atoms with Crippen LogP contribution in [0.3, 0.4) is 0 Å². The number of nitrogens with zero attached hydrogens (tertiary/aromatic N) is 2. The molecule has 106 valence electrons. The summed E-state index contributed by atoms with van der Waals surface area (Å²) < 4.78 is 1.52. The lowest BCUT2D eigenvalue weighted by Gasteiger charge is -2.16. The number of carboxylic acid groups (broad SMARTS) is 1. The summed E-state index contributed by atoms with van der Waals surface area (Å²) in [6.07, 6.45) is 5.27. The van der Waals surface area contributed by atoms with Crippen LogP contribution in [0.2, 0.25) is 0 Å². The average molecular weight is 267 g/mol. The molecule has 6 heteroatoms. The third-order valence-corrected chi connectivity index (χ3v) is 2.88. The standard InChI is InChI=1S/C13H21N3O3/c1-4-5-6-10(13(18)19)15-11-12(17)16(9(2)3)8-7-14-11/h7-10H,4-6H2,1-3H3,(H,14,15)(H,18,19). The lowest BCUT2D eigenvalue weighted by atomic mass is 10.1. The van der Waals surface area contributed by atoms with Crippen molar-refractivity contribution in [3.63, 3.8) is 0 Å². The molecule has 1 aromatic rings. The maximum atomic E-state index is 12.1. The highest BCUT2D eigenvalue weighted by atomic mass is 16.4. The van der Waals surface area contributed by atoms with Crippen molar-refractivity contribution < 1.29 is 9.90 Å². The van der Waals surface area contributed by atoms with Gasteiger partial charge in [-0.05, 0) is 20.3 Å². The molecule has 0 bridgehead atoms. The number of unbranched alkanes of at least 4 members (excludes halogenated alkanes) is 1. The number of anilines is 1. The summed E-state index contributed by atoms with van der Waals surface area (Å²) in [6.45, 7) is 5.76. The summed E-state index contributed by atoms with van der Waals surface area (Å²) in [5.41, 5.74) is -0.291. The summed E-state index contributed by atoms with van der Waals surface area (Å²) in [6, 6.07) is -0.766. The van der Waals surface area contributed by atoms with Crippen molar-refractivity contribution in [3.05, 3.63) is 22.7 Å². The van der Waals surface area contributed by atoms with E-state index in [0.717, 1.165) is 12.8 Å². The van der Waals surface area contributed by atoms with E-state index >= 15 is 0 Å². The Kier molecular flexibility index (Phi) is 5.54. The van der Waals surface area contributed by atoms with E-state index in [1.807, 2.05) is 20.8 Å². The van der Waals surface area contributed by atoms with Crippen molar-refractivity contribution in [1.82, 2.24) is 9.55 Å². The number of rotatable bonds is 7. The number of aliphatic carboxylic acids is 1. The topological polar surface area (TPSA) is 84.2 Å². The molecule has 1 unspecified atom stereocenters. The van der Waals surface area contributed by atoms with Crippen molar-refractivity contribution in [2.45, 2.75) is 52.1 Å². The van der Waals surface area contributed by atoms with Crippen LogP contribution in [0.4, 0.5) is 5.82 Å². The van der Waals surface area contributed by atoms with E-state index in [9.17, 15) is 9.59 Å². The number of carboxylic acids is 1. The third-order valence-electron chi connectivity index (χ3n) is 2.88. The molecule has 0 fully saturated rings. The van der Waals surface area contributed by atoms with E-state index in [4.69, 9.17) is 5.11 Å². The summed E-state index contributed by atoms with van der Waals surface area (Å²) >= 11 is 0. The normalized spacial score (nSPS) is 12.4. The first-order chi connectivity index (χ1) is 8.97. The van der Waals surface area contributed by atoms with Crippen molar-refractivity contribution >= 4 is 11.8 Å². The predicted molar refractivity (Wildman–Crippen MR) is 73.5 cm³/mol. The largest absolute Gasteiger partial charge is 0.480 e. The van der Waals surface area contributed by atoms with Crippen LogP contribution >= 0.6 is 0 Å². The molecule has 0 aliphatic rings. The second kappa shape index (κ2) is 6.92. The molecule has 0 radical (unpaired) electrons. The van der Waals surface area contributed by atoms with E-state index in [0.29, 0.717) is 6.42 Å². The predicted octanol–water partition coefficient (Wildman–Crippen LogP) is 1.88. The fourth-order valence-corrected chi connectivity index (χ4v) is 1.76. The number of nitrogens with one attached hydrogen (secondary N) is 1. The molecule has 1 atom stereocenters. The Hall–Kier alpha value is -1.85. The second-order valence-corrected chi connectivity index (χ2v) is 4.76. The number of hydrogen-bond acceptors (Lipinski definition) is 4. The van der Waals surface area contributed by atoms with Crippen molar-refractivity contribution in [2.24, 2.45) is 0 Å². The van der Waals surface area contributed by atoms with Gasteiger partial charge in [-0.1, -0.05) is 19.8 Å². The highest BCUT2D eigenvalue weighted by molar-refractivity contribution is 5.76. The maximum absolute atomic E-state index is 12.1. The molecular weight excluding hydrogens is 246 g/mol. The zero-order valence-electron chi connectivity index (χ0n) is 11.6. The highest BCUT2D eigenvalue weighted by Gasteiger charge is 2.19. The van der Waals surface area contributed by atoms with Crippen LogP contribution < -0.4 is 10.9 Å². The van der Waals surface area contributed by atoms with Crippen LogP contribution in [0, 0.1) is 0 Å². The summed E-state index contributed by atoms with van der Waals surface area (Å²) in [4.78, 5) is 27.2. The third kappa shape index (κ3) is 4.08. The van der Waals surface area contributed by atoms with E-state index in [1.165, 1.54) is 10.8 Å². The van der Waals surface area contributed by atoms with E-state index < -0.39 is 12.0 Å². The Morgan fingerprint density at radius 2 is 2.21 bits per heavy atom. The van der Waals surface area contributed by atoms with Gasteiger partial charge in [0.1, 0.15) is 6.04 Å². The molecule has 1 heterocycles. The van der Waals surface area contributed by atoms with Gasteiger partial charge in [0.15, 0.2) is 5.82 Å². The highest BCUT2D eigenvalue weighted by Crippen LogP contribution is 2.07. The molecule has 2 N–H and O–H groups in total. The first-order valence-corrected chi connectivity index (χ1v) is 6.53. The molecule has 0 spiro atoms. The fraction of sp³-hybridized carbons (Fsp3) is 0.615. The van der Waals surface area contributed by atoms with Gasteiger partial charge < -0.3 is 15.0 Å². The molecular formula is C13H21N3O3. The van der Waals surface area contributed by atoms with E-state index in [2.05, 4.69) is 10.3 Å². The van der Waals surface area contributed by atoms with Gasteiger partial charge in [-0.3, -0.25) is 4.79 Å². The Labute approximate surface area is 112 Å². The first-order valence-electron chi connectivity index (χ1n) is 6.53. The molecule has 1 rings (SSSR count). The van der Waals surface area contributed by atoms with Gasteiger partial charge in [-0.2, -0.15) is 0 Å². The number of carbonyl (C=O) groups is 1. The smallest absolute Gasteiger partial charge is 0.326 e. The Morgan fingerprint density at radius 1 is 1.53 bits per heavy atom. The van der Waals surface area contributed by atoms with Crippen molar-refractivity contribution in [2.75, 3.05) is 5.32 Å². The Balaban J connectivity index is 2.94. The number of aromatic nitrogens is 2. The van der Waals surface area contributed by atoms with Crippen LogP contribution in [-0.2, 0) is 4.79 Å². The van der Waals surface area contributed by atoms with E-state index in [-0.39, 0.29) is 17.4 Å². The van der Waals surface area contributed by atoms with Gasteiger partial charge in [-0.15, -0.1) is 0 Å².